The van der Waals surface area contributed by atoms with E-state index in [0.29, 0.717) is 4.88 Å². The van der Waals surface area contributed by atoms with E-state index in [-0.39, 0.29) is 5.78 Å². The van der Waals surface area contributed by atoms with Crippen molar-refractivity contribution in [1.82, 2.24) is 0 Å². The molecule has 0 aliphatic heterocycles. The molecule has 0 saturated heterocycles. The molecule has 3 aromatic rings. The number of allylic oxidation sites excluding steroid dienone is 1. The number of ketones is 1. The average Bonchev–Trinajstić information content (AvgIpc) is 3.23. The molecule has 22 heavy (non-hydrogen) atoms. The van der Waals surface area contributed by atoms with Gasteiger partial charge in [-0.1, -0.05) is 36.1 Å². The summed E-state index contributed by atoms with van der Waals surface area (Å²) in [7, 11) is 0. The molecule has 1 aromatic carbocycles. The monoisotopic (exact) mass is 320 g/mol. The summed E-state index contributed by atoms with van der Waals surface area (Å²) in [5.74, 6) is 6.22. The van der Waals surface area contributed by atoms with Crippen LogP contribution in [0, 0.1) is 11.8 Å². The molecule has 3 rings (SSSR count). The zero-order valence-corrected chi connectivity index (χ0v) is 13.3. The fourth-order valence-electron chi connectivity index (χ4n) is 1.82. The number of hydrogen-bond donors (Lipinski definition) is 0. The molecule has 0 bridgehead atoms. The largest absolute Gasteiger partial charge is 0.288 e. The summed E-state index contributed by atoms with van der Waals surface area (Å²) >= 11 is 3.04. The standard InChI is InChI=1S/C19H12OS2/c20-18(12-10-16-7-4-14-21-16)19-13-11-17(22-19)9-8-15-5-2-1-3-6-15/h1-7,10-14H/b12-10-. The van der Waals surface area contributed by atoms with Crippen LogP contribution in [0.25, 0.3) is 6.08 Å². The van der Waals surface area contributed by atoms with Crippen molar-refractivity contribution in [2.75, 3.05) is 0 Å². The normalized spacial score (nSPS) is 10.4. The van der Waals surface area contributed by atoms with E-state index in [9.17, 15) is 4.79 Å². The summed E-state index contributed by atoms with van der Waals surface area (Å²) < 4.78 is 0. The highest BCUT2D eigenvalue weighted by molar-refractivity contribution is 7.14. The average molecular weight is 320 g/mol. The summed E-state index contributed by atoms with van der Waals surface area (Å²) in [5.41, 5.74) is 0.973. The molecular formula is C19H12OS2. The molecule has 0 N–H and O–H groups in total. The van der Waals surface area contributed by atoms with E-state index in [1.807, 2.05) is 66.1 Å². The fraction of sp³-hybridized carbons (Fsp3) is 0. The number of thiophene rings is 2. The van der Waals surface area contributed by atoms with Crippen LogP contribution < -0.4 is 0 Å². The summed E-state index contributed by atoms with van der Waals surface area (Å²) in [6, 6.07) is 17.5. The molecule has 0 aliphatic carbocycles. The lowest BCUT2D eigenvalue weighted by Crippen LogP contribution is -1.87. The zero-order chi connectivity index (χ0) is 15.2. The molecule has 0 spiro atoms. The predicted molar refractivity (Wildman–Crippen MR) is 94.4 cm³/mol. The molecule has 3 heteroatoms. The second kappa shape index (κ2) is 7.04. The van der Waals surface area contributed by atoms with E-state index in [4.69, 9.17) is 0 Å². The van der Waals surface area contributed by atoms with Gasteiger partial charge in [0.25, 0.3) is 0 Å². The van der Waals surface area contributed by atoms with E-state index in [1.165, 1.54) is 11.3 Å². The molecule has 0 aliphatic rings. The van der Waals surface area contributed by atoms with Gasteiger partial charge in [-0.3, -0.25) is 4.79 Å². The number of hydrogen-bond acceptors (Lipinski definition) is 3. The Morgan fingerprint density at radius 2 is 1.82 bits per heavy atom. The van der Waals surface area contributed by atoms with Crippen molar-refractivity contribution in [3.63, 3.8) is 0 Å². The van der Waals surface area contributed by atoms with Crippen molar-refractivity contribution in [2.24, 2.45) is 0 Å². The molecule has 2 heterocycles. The first kappa shape index (κ1) is 14.5. The van der Waals surface area contributed by atoms with Crippen LogP contribution in [0.1, 0.15) is 25.0 Å². The van der Waals surface area contributed by atoms with Gasteiger partial charge < -0.3 is 0 Å². The molecule has 1 nitrogen and oxygen atoms in total. The lowest BCUT2D eigenvalue weighted by atomic mass is 10.2. The van der Waals surface area contributed by atoms with Crippen LogP contribution in [0.15, 0.2) is 66.1 Å². The van der Waals surface area contributed by atoms with Gasteiger partial charge in [-0.2, -0.15) is 0 Å². The van der Waals surface area contributed by atoms with Crippen molar-refractivity contribution >= 4 is 34.5 Å². The minimum absolute atomic E-state index is 0.0196. The summed E-state index contributed by atoms with van der Waals surface area (Å²) in [6.07, 6.45) is 3.47. The first-order valence-corrected chi connectivity index (χ1v) is 8.44. The molecule has 0 fully saturated rings. The van der Waals surface area contributed by atoms with Gasteiger partial charge in [0.05, 0.1) is 9.75 Å². The van der Waals surface area contributed by atoms with Gasteiger partial charge in [-0.15, -0.1) is 22.7 Å². The number of benzene rings is 1. The van der Waals surface area contributed by atoms with E-state index in [0.717, 1.165) is 15.3 Å². The maximum atomic E-state index is 12.1. The van der Waals surface area contributed by atoms with E-state index >= 15 is 0 Å². The van der Waals surface area contributed by atoms with Gasteiger partial charge >= 0.3 is 0 Å². The SMILES string of the molecule is O=C(/C=C\c1cccs1)c1ccc(C#Cc2ccccc2)s1. The Kier molecular flexibility index (Phi) is 4.65. The van der Waals surface area contributed by atoms with Crippen molar-refractivity contribution < 1.29 is 4.79 Å². The second-order valence-electron chi connectivity index (χ2n) is 4.49. The highest BCUT2D eigenvalue weighted by Crippen LogP contribution is 2.18. The highest BCUT2D eigenvalue weighted by Gasteiger charge is 2.05. The Morgan fingerprint density at radius 3 is 2.59 bits per heavy atom. The molecule has 0 radical (unpaired) electrons. The van der Waals surface area contributed by atoms with Gasteiger partial charge in [-0.05, 0) is 47.9 Å². The summed E-state index contributed by atoms with van der Waals surface area (Å²) in [6.45, 7) is 0. The summed E-state index contributed by atoms with van der Waals surface area (Å²) in [5, 5.41) is 1.99. The number of carbonyl (C=O) groups excluding carboxylic acids is 1. The second-order valence-corrected chi connectivity index (χ2v) is 6.56. The number of rotatable bonds is 3. The quantitative estimate of drug-likeness (QED) is 0.372. The maximum Gasteiger partial charge on any atom is 0.195 e. The van der Waals surface area contributed by atoms with Gasteiger partial charge in [0.2, 0.25) is 0 Å². The Balaban J connectivity index is 1.71. The lowest BCUT2D eigenvalue weighted by molar-refractivity contribution is 0.105. The van der Waals surface area contributed by atoms with Gasteiger partial charge in [-0.25, -0.2) is 0 Å². The van der Waals surface area contributed by atoms with Gasteiger partial charge in [0.1, 0.15) is 0 Å². The first-order chi connectivity index (χ1) is 10.8. The third kappa shape index (κ3) is 3.82. The summed E-state index contributed by atoms with van der Waals surface area (Å²) in [4.78, 5) is 14.8. The van der Waals surface area contributed by atoms with Crippen molar-refractivity contribution in [3.8, 4) is 11.8 Å². The van der Waals surface area contributed by atoms with Crippen molar-refractivity contribution in [3.05, 3.63) is 86.2 Å². The Morgan fingerprint density at radius 1 is 0.955 bits per heavy atom. The van der Waals surface area contributed by atoms with E-state index < -0.39 is 0 Å². The fourth-order valence-corrected chi connectivity index (χ4v) is 3.22. The topological polar surface area (TPSA) is 17.1 Å². The lowest BCUT2D eigenvalue weighted by Gasteiger charge is -1.88. The van der Waals surface area contributed by atoms with Crippen molar-refractivity contribution in [2.45, 2.75) is 0 Å². The molecule has 0 unspecified atom stereocenters. The first-order valence-electron chi connectivity index (χ1n) is 6.74. The van der Waals surface area contributed by atoms with Gasteiger partial charge in [0, 0.05) is 10.4 Å². The Hall–Kier alpha value is -2.41. The predicted octanol–water partition coefficient (Wildman–Crippen LogP) is 5.11. The van der Waals surface area contributed by atoms with Crippen LogP contribution in [-0.2, 0) is 0 Å². The molecule has 2 aromatic heterocycles. The zero-order valence-electron chi connectivity index (χ0n) is 11.7. The van der Waals surface area contributed by atoms with Crippen LogP contribution in [0.2, 0.25) is 0 Å². The molecule has 0 amide bonds. The van der Waals surface area contributed by atoms with E-state index in [1.54, 1.807) is 17.4 Å². The van der Waals surface area contributed by atoms with E-state index in [2.05, 4.69) is 11.8 Å². The Labute approximate surface area is 137 Å². The smallest absolute Gasteiger partial charge is 0.195 e. The number of carbonyl (C=O) groups is 1. The van der Waals surface area contributed by atoms with Crippen molar-refractivity contribution in [1.29, 1.82) is 0 Å². The molecule has 106 valence electrons. The minimum Gasteiger partial charge on any atom is -0.288 e. The van der Waals surface area contributed by atoms with Gasteiger partial charge in [0.15, 0.2) is 5.78 Å². The molecule has 0 atom stereocenters. The van der Waals surface area contributed by atoms with Crippen LogP contribution in [0.5, 0.6) is 0 Å². The molecular weight excluding hydrogens is 308 g/mol. The highest BCUT2D eigenvalue weighted by atomic mass is 32.1. The maximum absolute atomic E-state index is 12.1. The third-order valence-corrected chi connectivity index (χ3v) is 4.75. The third-order valence-electron chi connectivity index (χ3n) is 2.89. The van der Waals surface area contributed by atoms with Crippen LogP contribution >= 0.6 is 22.7 Å². The van der Waals surface area contributed by atoms with Crippen LogP contribution in [0.3, 0.4) is 0 Å². The van der Waals surface area contributed by atoms with Crippen LogP contribution in [0.4, 0.5) is 0 Å². The van der Waals surface area contributed by atoms with Crippen LogP contribution in [-0.4, -0.2) is 5.78 Å². The minimum atomic E-state index is 0.0196. The molecule has 0 saturated carbocycles. The Bertz CT molecular complexity index is 844.